The van der Waals surface area contributed by atoms with Gasteiger partial charge in [0.05, 0.1) is 30.9 Å². The van der Waals surface area contributed by atoms with Crippen LogP contribution in [0.3, 0.4) is 0 Å². The molecule has 1 aliphatic heterocycles. The summed E-state index contributed by atoms with van der Waals surface area (Å²) >= 11 is 0. The molecule has 0 radical (unpaired) electrons. The van der Waals surface area contributed by atoms with E-state index in [1.165, 1.54) is 6.20 Å². The first-order valence-corrected chi connectivity index (χ1v) is 10.3. The molecule has 7 nitrogen and oxygen atoms in total. The van der Waals surface area contributed by atoms with Gasteiger partial charge in [-0.2, -0.15) is 0 Å². The molecule has 3 saturated carbocycles. The molecule has 6 rings (SSSR count). The Morgan fingerprint density at radius 3 is 2.47 bits per heavy atom. The Labute approximate surface area is 180 Å². The molecule has 12 heteroatoms. The maximum Gasteiger partial charge on any atom is 0.573 e. The van der Waals surface area contributed by atoms with Crippen molar-refractivity contribution >= 4 is 5.82 Å². The van der Waals surface area contributed by atoms with E-state index in [0.29, 0.717) is 13.2 Å². The highest BCUT2D eigenvalue weighted by atomic mass is 19.4. The summed E-state index contributed by atoms with van der Waals surface area (Å²) < 4.78 is 75.6. The number of imidazole rings is 1. The summed E-state index contributed by atoms with van der Waals surface area (Å²) in [6.07, 6.45) is -2.70. The average molecular weight is 459 g/mol. The van der Waals surface area contributed by atoms with Crippen LogP contribution in [-0.2, 0) is 16.7 Å². The molecule has 32 heavy (non-hydrogen) atoms. The SMILES string of the molecule is Nc1ncc(-c2cn(C34CC(N5CCOCC5)(C3)C4)c(CC(F)F)n2)cc1OC(F)(F)F. The lowest BCUT2D eigenvalue weighted by molar-refractivity contribution is -0.274. The minimum absolute atomic E-state index is 0.0762. The van der Waals surface area contributed by atoms with Crippen molar-refractivity contribution in [2.24, 2.45) is 0 Å². The van der Waals surface area contributed by atoms with E-state index in [4.69, 9.17) is 10.5 Å². The number of nitrogens with two attached hydrogens (primary N) is 1. The zero-order valence-electron chi connectivity index (χ0n) is 17.0. The van der Waals surface area contributed by atoms with Gasteiger partial charge in [0.2, 0.25) is 6.43 Å². The maximum atomic E-state index is 13.3. The second-order valence-corrected chi connectivity index (χ2v) is 8.74. The van der Waals surface area contributed by atoms with E-state index in [-0.39, 0.29) is 28.2 Å². The van der Waals surface area contributed by atoms with Crippen molar-refractivity contribution in [2.45, 2.75) is 49.5 Å². The van der Waals surface area contributed by atoms with Crippen LogP contribution in [0.4, 0.5) is 27.8 Å². The van der Waals surface area contributed by atoms with Crippen LogP contribution in [0.25, 0.3) is 11.3 Å². The Morgan fingerprint density at radius 2 is 1.84 bits per heavy atom. The van der Waals surface area contributed by atoms with Crippen LogP contribution in [-0.4, -0.2) is 64.1 Å². The highest BCUT2D eigenvalue weighted by Gasteiger charge is 2.71. The van der Waals surface area contributed by atoms with Gasteiger partial charge in [-0.15, -0.1) is 13.2 Å². The molecular weight excluding hydrogens is 437 g/mol. The predicted octanol–water partition coefficient (Wildman–Crippen LogP) is 3.20. The molecule has 2 aromatic heterocycles. The number of rotatable bonds is 6. The van der Waals surface area contributed by atoms with Crippen molar-refractivity contribution in [3.8, 4) is 17.0 Å². The minimum atomic E-state index is -4.94. The number of nitrogens with zero attached hydrogens (tertiary/aromatic N) is 4. The molecule has 1 saturated heterocycles. The fraction of sp³-hybridized carbons (Fsp3) is 0.600. The van der Waals surface area contributed by atoms with Gasteiger partial charge in [0.25, 0.3) is 0 Å². The molecule has 3 aliphatic carbocycles. The van der Waals surface area contributed by atoms with E-state index in [1.807, 2.05) is 0 Å². The third kappa shape index (κ3) is 3.58. The quantitative estimate of drug-likeness (QED) is 0.669. The lowest BCUT2D eigenvalue weighted by atomic mass is 9.43. The van der Waals surface area contributed by atoms with E-state index < -0.39 is 30.8 Å². The van der Waals surface area contributed by atoms with Gasteiger partial charge in [-0.3, -0.25) is 4.90 Å². The lowest BCUT2D eigenvalue weighted by Crippen LogP contribution is -2.79. The van der Waals surface area contributed by atoms with Crippen molar-refractivity contribution in [3.05, 3.63) is 24.3 Å². The van der Waals surface area contributed by atoms with E-state index in [1.54, 1.807) is 10.8 Å². The molecule has 4 fully saturated rings. The molecule has 4 aliphatic rings. The predicted molar refractivity (Wildman–Crippen MR) is 103 cm³/mol. The standard InChI is InChI=1S/C20H22F5N5O2/c21-15(22)6-16-28-13(12-5-14(17(26)27-7-12)32-20(23,24)25)8-30(16)19-9-18(10-19,11-19)29-1-3-31-4-2-29/h5,7-8,15H,1-4,6,9-11H2,(H2,26,27). The largest absolute Gasteiger partial charge is 0.573 e. The monoisotopic (exact) mass is 459 g/mol. The Bertz CT molecular complexity index is 999. The summed E-state index contributed by atoms with van der Waals surface area (Å²) in [6.45, 7) is 3.09. The van der Waals surface area contributed by atoms with Gasteiger partial charge in [0.15, 0.2) is 11.6 Å². The molecule has 0 spiro atoms. The average Bonchev–Trinajstić information content (AvgIpc) is 3.04. The molecule has 3 heterocycles. The first-order valence-electron chi connectivity index (χ1n) is 10.3. The molecular formula is C20H22F5N5O2. The first-order chi connectivity index (χ1) is 15.1. The Balaban J connectivity index is 1.43. The van der Waals surface area contributed by atoms with Crippen molar-refractivity contribution < 1.29 is 31.4 Å². The van der Waals surface area contributed by atoms with E-state index in [9.17, 15) is 22.0 Å². The zero-order chi connectivity index (χ0) is 22.7. The minimum Gasteiger partial charge on any atom is -0.402 e. The Hall–Kier alpha value is -2.47. The number of ether oxygens (including phenoxy) is 2. The van der Waals surface area contributed by atoms with Crippen LogP contribution in [0.5, 0.6) is 5.75 Å². The van der Waals surface area contributed by atoms with Crippen LogP contribution < -0.4 is 10.5 Å². The molecule has 0 amide bonds. The van der Waals surface area contributed by atoms with Crippen LogP contribution in [0.2, 0.25) is 0 Å². The van der Waals surface area contributed by atoms with Crippen LogP contribution in [0.1, 0.15) is 25.1 Å². The van der Waals surface area contributed by atoms with Gasteiger partial charge < -0.3 is 19.8 Å². The van der Waals surface area contributed by atoms with Crippen LogP contribution >= 0.6 is 0 Å². The van der Waals surface area contributed by atoms with Gasteiger partial charge in [0, 0.05) is 36.6 Å². The van der Waals surface area contributed by atoms with Gasteiger partial charge in [-0.05, 0) is 25.3 Å². The third-order valence-electron chi connectivity index (χ3n) is 6.69. The lowest BCUT2D eigenvalue weighted by Gasteiger charge is -2.74. The second-order valence-electron chi connectivity index (χ2n) is 8.74. The number of aromatic nitrogens is 3. The fourth-order valence-electron chi connectivity index (χ4n) is 5.36. The van der Waals surface area contributed by atoms with Gasteiger partial charge >= 0.3 is 6.36 Å². The number of halogens is 5. The van der Waals surface area contributed by atoms with Gasteiger partial charge in [0.1, 0.15) is 5.82 Å². The molecule has 174 valence electrons. The molecule has 0 unspecified atom stereocenters. The Morgan fingerprint density at radius 1 is 1.16 bits per heavy atom. The number of morpholine rings is 1. The van der Waals surface area contributed by atoms with Crippen molar-refractivity contribution in [1.82, 2.24) is 19.4 Å². The van der Waals surface area contributed by atoms with E-state index in [0.717, 1.165) is 38.4 Å². The molecule has 0 aromatic carbocycles. The number of hydrogen-bond acceptors (Lipinski definition) is 6. The summed E-state index contributed by atoms with van der Waals surface area (Å²) in [4.78, 5) is 10.5. The van der Waals surface area contributed by atoms with Crippen LogP contribution in [0.15, 0.2) is 18.5 Å². The highest BCUT2D eigenvalue weighted by molar-refractivity contribution is 5.64. The molecule has 2 bridgehead atoms. The highest BCUT2D eigenvalue weighted by Crippen LogP contribution is 2.68. The number of nitrogen functional groups attached to an aromatic ring is 1. The fourth-order valence-corrected chi connectivity index (χ4v) is 5.36. The molecule has 2 aromatic rings. The number of pyridine rings is 1. The Kier molecular flexibility index (Phi) is 4.86. The topological polar surface area (TPSA) is 78.4 Å². The summed E-state index contributed by atoms with van der Waals surface area (Å²) in [5, 5.41) is 0. The van der Waals surface area contributed by atoms with Crippen molar-refractivity contribution in [3.63, 3.8) is 0 Å². The zero-order valence-corrected chi connectivity index (χ0v) is 17.0. The van der Waals surface area contributed by atoms with Crippen molar-refractivity contribution in [2.75, 3.05) is 32.0 Å². The summed E-state index contributed by atoms with van der Waals surface area (Å²) in [5.74, 6) is -0.873. The van der Waals surface area contributed by atoms with Gasteiger partial charge in [-0.1, -0.05) is 0 Å². The number of anilines is 1. The van der Waals surface area contributed by atoms with Crippen LogP contribution in [0, 0.1) is 0 Å². The first kappa shape index (κ1) is 21.4. The molecule has 2 N–H and O–H groups in total. The smallest absolute Gasteiger partial charge is 0.402 e. The normalized spacial score (nSPS) is 27.8. The van der Waals surface area contributed by atoms with Crippen molar-refractivity contribution in [1.29, 1.82) is 0 Å². The van der Waals surface area contributed by atoms with Gasteiger partial charge in [-0.25, -0.2) is 18.7 Å². The molecule has 0 atom stereocenters. The number of hydrogen-bond donors (Lipinski definition) is 1. The second kappa shape index (κ2) is 7.27. The summed E-state index contributed by atoms with van der Waals surface area (Å²) in [5.41, 5.74) is 5.74. The maximum absolute atomic E-state index is 13.3. The number of alkyl halides is 5. The summed E-state index contributed by atoms with van der Waals surface area (Å²) in [7, 11) is 0. The van der Waals surface area contributed by atoms with E-state index in [2.05, 4.69) is 19.6 Å². The third-order valence-corrected chi connectivity index (χ3v) is 6.69. The summed E-state index contributed by atoms with van der Waals surface area (Å²) in [6, 6.07) is 1.08. The van der Waals surface area contributed by atoms with E-state index >= 15 is 0 Å².